The van der Waals surface area contributed by atoms with E-state index in [4.69, 9.17) is 4.74 Å². The molecule has 2 fully saturated rings. The van der Waals surface area contributed by atoms with Gasteiger partial charge in [0.25, 0.3) is 0 Å². The Kier molecular flexibility index (Phi) is 9.06. The maximum Gasteiger partial charge on any atom is 0.323 e. The van der Waals surface area contributed by atoms with Crippen LogP contribution in [-0.2, 0) is 20.8 Å². The Hall–Kier alpha value is -4.08. The number of likely N-dealkylation sites (tertiary alicyclic amines) is 1. The average Bonchev–Trinajstić information content (AvgIpc) is 3.42. The average molecular weight is 537 g/mol. The Balaban J connectivity index is 1.33. The molecule has 208 valence electrons. The molecule has 2 aliphatic rings. The molecular weight excluding hydrogens is 500 g/mol. The largest absolute Gasteiger partial charge is 0.495 e. The Morgan fingerprint density at radius 3 is 2.38 bits per heavy atom. The first kappa shape index (κ1) is 27.9. The lowest BCUT2D eigenvalue weighted by atomic mass is 9.86. The van der Waals surface area contributed by atoms with Crippen molar-refractivity contribution in [3.63, 3.8) is 0 Å². The van der Waals surface area contributed by atoms with Crippen molar-refractivity contribution in [2.24, 2.45) is 5.92 Å². The second-order valence-electron chi connectivity index (χ2n) is 10.2. The highest BCUT2D eigenvalue weighted by Gasteiger charge is 2.36. The summed E-state index contributed by atoms with van der Waals surface area (Å²) in [5, 5.41) is 17.8. The fourth-order valence-electron chi connectivity index (χ4n) is 5.33. The van der Waals surface area contributed by atoms with E-state index < -0.39 is 18.0 Å². The number of benzene rings is 2. The number of hydrogen-bond acceptors (Lipinski definition) is 5. The van der Waals surface area contributed by atoms with Crippen LogP contribution in [0.2, 0.25) is 0 Å². The molecule has 4 amide bonds. The van der Waals surface area contributed by atoms with E-state index in [0.29, 0.717) is 61.3 Å². The second kappa shape index (κ2) is 12.6. The summed E-state index contributed by atoms with van der Waals surface area (Å²) >= 11 is 0. The van der Waals surface area contributed by atoms with Crippen molar-refractivity contribution in [2.45, 2.75) is 64.0 Å². The molecule has 2 aromatic carbocycles. The van der Waals surface area contributed by atoms with Crippen LogP contribution in [0.3, 0.4) is 0 Å². The number of nitrogens with zero attached hydrogens (tertiary/aromatic N) is 1. The number of urea groups is 1. The molecule has 1 aliphatic carbocycles. The van der Waals surface area contributed by atoms with Gasteiger partial charge < -0.3 is 30.7 Å². The highest BCUT2D eigenvalue weighted by Crippen LogP contribution is 2.28. The summed E-state index contributed by atoms with van der Waals surface area (Å²) in [6.07, 6.45) is 3.81. The van der Waals surface area contributed by atoms with Gasteiger partial charge in [-0.2, -0.15) is 0 Å². The van der Waals surface area contributed by atoms with E-state index in [0.717, 1.165) is 12.0 Å². The number of ether oxygens (including phenoxy) is 1. The van der Waals surface area contributed by atoms with Gasteiger partial charge in [-0.3, -0.25) is 14.4 Å². The van der Waals surface area contributed by atoms with Crippen LogP contribution in [0.5, 0.6) is 5.75 Å². The minimum atomic E-state index is -0.779. The lowest BCUT2D eigenvalue weighted by Gasteiger charge is -2.30. The van der Waals surface area contributed by atoms with Crippen molar-refractivity contribution < 1.29 is 29.0 Å². The first-order chi connectivity index (χ1) is 18.7. The van der Waals surface area contributed by atoms with Gasteiger partial charge in [0.2, 0.25) is 11.8 Å². The number of para-hydroxylation sites is 1. The van der Waals surface area contributed by atoms with Crippen molar-refractivity contribution in [1.29, 1.82) is 0 Å². The van der Waals surface area contributed by atoms with Crippen molar-refractivity contribution in [2.75, 3.05) is 24.3 Å². The predicted octanol–water partition coefficient (Wildman–Crippen LogP) is 3.94. The summed E-state index contributed by atoms with van der Waals surface area (Å²) in [5.74, 6) is -1.02. The highest BCUT2D eigenvalue weighted by molar-refractivity contribution is 6.01. The quantitative estimate of drug-likeness (QED) is 0.403. The van der Waals surface area contributed by atoms with Crippen LogP contribution in [0.4, 0.5) is 16.2 Å². The maximum atomic E-state index is 13.2. The number of amides is 4. The molecule has 1 aliphatic heterocycles. The highest BCUT2D eigenvalue weighted by atomic mass is 16.5. The smallest absolute Gasteiger partial charge is 0.323 e. The van der Waals surface area contributed by atoms with Crippen molar-refractivity contribution >= 4 is 35.2 Å². The lowest BCUT2D eigenvalue weighted by Crippen LogP contribution is -2.50. The topological polar surface area (TPSA) is 137 Å². The number of aliphatic carboxylic acids is 1. The van der Waals surface area contributed by atoms with Crippen molar-refractivity contribution in [3.8, 4) is 5.75 Å². The third-order valence-electron chi connectivity index (χ3n) is 7.56. The maximum absolute atomic E-state index is 13.2. The van der Waals surface area contributed by atoms with E-state index in [-0.39, 0.29) is 30.2 Å². The number of nitrogens with one attached hydrogen (secondary N) is 3. The van der Waals surface area contributed by atoms with Crippen LogP contribution < -0.4 is 20.7 Å². The van der Waals surface area contributed by atoms with Gasteiger partial charge in [-0.05, 0) is 74.8 Å². The number of carbonyl (C=O) groups is 4. The molecule has 0 bridgehead atoms. The van der Waals surface area contributed by atoms with Gasteiger partial charge in [0.15, 0.2) is 0 Å². The van der Waals surface area contributed by atoms with E-state index in [1.165, 1.54) is 7.11 Å². The fourth-order valence-corrected chi connectivity index (χ4v) is 5.33. The zero-order valence-corrected chi connectivity index (χ0v) is 22.4. The normalized spacial score (nSPS) is 20.7. The van der Waals surface area contributed by atoms with E-state index in [1.54, 1.807) is 23.1 Å². The molecule has 2 aromatic rings. The molecular formula is C29H36N4O6. The minimum Gasteiger partial charge on any atom is -0.495 e. The third-order valence-corrected chi connectivity index (χ3v) is 7.56. The molecule has 0 unspecified atom stereocenters. The summed E-state index contributed by atoms with van der Waals surface area (Å²) in [6.45, 7) is 2.42. The molecule has 0 spiro atoms. The number of rotatable bonds is 8. The van der Waals surface area contributed by atoms with Gasteiger partial charge in [0.1, 0.15) is 11.8 Å². The summed E-state index contributed by atoms with van der Waals surface area (Å²) in [7, 11) is 1.50. The Morgan fingerprint density at radius 1 is 0.974 bits per heavy atom. The number of carboxylic acids is 1. The molecule has 10 heteroatoms. The van der Waals surface area contributed by atoms with Gasteiger partial charge in [-0.1, -0.05) is 24.3 Å². The Bertz CT molecular complexity index is 1220. The summed E-state index contributed by atoms with van der Waals surface area (Å²) in [4.78, 5) is 51.5. The first-order valence-electron chi connectivity index (χ1n) is 13.4. The van der Waals surface area contributed by atoms with Crippen LogP contribution in [0.25, 0.3) is 0 Å². The number of carboxylic acid groups (broad SMARTS) is 1. The molecule has 4 N–H and O–H groups in total. The third kappa shape index (κ3) is 7.07. The zero-order chi connectivity index (χ0) is 27.9. The van der Waals surface area contributed by atoms with Crippen LogP contribution in [0, 0.1) is 12.8 Å². The van der Waals surface area contributed by atoms with Gasteiger partial charge in [-0.15, -0.1) is 0 Å². The van der Waals surface area contributed by atoms with E-state index >= 15 is 0 Å². The lowest BCUT2D eigenvalue weighted by molar-refractivity contribution is -0.143. The number of anilines is 2. The number of aryl methyl sites for hydroxylation is 1. The van der Waals surface area contributed by atoms with Gasteiger partial charge in [0.05, 0.1) is 25.1 Å². The monoisotopic (exact) mass is 536 g/mol. The molecule has 10 nitrogen and oxygen atoms in total. The SMILES string of the molecule is COc1cc(CC(=O)N2CCC[C@H]2C(=O)NC2CCC(C(=O)O)CC2)ccc1NC(=O)Nc1ccccc1C. The van der Waals surface area contributed by atoms with Crippen LogP contribution in [0.15, 0.2) is 42.5 Å². The van der Waals surface area contributed by atoms with Crippen LogP contribution in [0.1, 0.15) is 49.7 Å². The molecule has 1 saturated heterocycles. The molecule has 39 heavy (non-hydrogen) atoms. The molecule has 4 rings (SSSR count). The van der Waals surface area contributed by atoms with E-state index in [1.807, 2.05) is 31.2 Å². The van der Waals surface area contributed by atoms with Crippen LogP contribution >= 0.6 is 0 Å². The Labute approximate surface area is 228 Å². The van der Waals surface area contributed by atoms with Gasteiger partial charge in [0, 0.05) is 18.3 Å². The van der Waals surface area contributed by atoms with Crippen molar-refractivity contribution in [1.82, 2.24) is 10.2 Å². The fraction of sp³-hybridized carbons (Fsp3) is 0.448. The standard InChI is InChI=1S/C29H36N4O6/c1-18-6-3-4-7-22(18)31-29(38)32-23-14-9-19(16-25(23)39-2)17-26(34)33-15-5-8-24(33)27(35)30-21-12-10-20(11-13-21)28(36)37/h3-4,6-7,9,14,16,20-21,24H,5,8,10-13,15,17H2,1-2H3,(H,30,35)(H,36,37)(H2,31,32,38)/t20?,21?,24-/m0/s1. The number of hydrogen-bond donors (Lipinski definition) is 4. The molecule has 0 radical (unpaired) electrons. The van der Waals surface area contributed by atoms with Crippen molar-refractivity contribution in [3.05, 3.63) is 53.6 Å². The second-order valence-corrected chi connectivity index (χ2v) is 10.2. The zero-order valence-electron chi connectivity index (χ0n) is 22.4. The summed E-state index contributed by atoms with van der Waals surface area (Å²) in [5.41, 5.74) is 2.82. The number of carbonyl (C=O) groups excluding carboxylic acids is 3. The minimum absolute atomic E-state index is 0.0574. The molecule has 0 aromatic heterocycles. The van der Waals surface area contributed by atoms with E-state index in [2.05, 4.69) is 16.0 Å². The summed E-state index contributed by atoms with van der Waals surface area (Å²) in [6, 6.07) is 11.6. The number of methoxy groups -OCH3 is 1. The summed E-state index contributed by atoms with van der Waals surface area (Å²) < 4.78 is 5.47. The first-order valence-corrected chi connectivity index (χ1v) is 13.4. The van der Waals surface area contributed by atoms with Gasteiger partial charge >= 0.3 is 12.0 Å². The molecule has 1 atom stereocenters. The Morgan fingerprint density at radius 2 is 1.69 bits per heavy atom. The van der Waals surface area contributed by atoms with Crippen LogP contribution in [-0.4, -0.2) is 59.6 Å². The molecule has 1 heterocycles. The van der Waals surface area contributed by atoms with E-state index in [9.17, 15) is 24.3 Å². The van der Waals surface area contributed by atoms with Gasteiger partial charge in [-0.25, -0.2) is 4.79 Å². The molecule has 1 saturated carbocycles. The predicted molar refractivity (Wildman–Crippen MR) is 147 cm³/mol.